The van der Waals surface area contributed by atoms with E-state index in [1.165, 1.54) is 4.90 Å². The maximum Gasteiger partial charge on any atom is 0.415 e. The van der Waals surface area contributed by atoms with E-state index in [4.69, 9.17) is 21.1 Å². The van der Waals surface area contributed by atoms with Crippen LogP contribution in [-0.2, 0) is 9.47 Å². The van der Waals surface area contributed by atoms with Crippen LogP contribution < -0.4 is 9.80 Å². The predicted octanol–water partition coefficient (Wildman–Crippen LogP) is 1.31. The zero-order chi connectivity index (χ0) is 14.1. The van der Waals surface area contributed by atoms with Gasteiger partial charge in [0.2, 0.25) is 5.95 Å². The molecular weight excluding hydrogens is 284 g/mol. The average molecular weight is 299 g/mol. The molecule has 0 aromatic carbocycles. The molecule has 0 aliphatic carbocycles. The number of hydrogen-bond donors (Lipinski definition) is 0. The summed E-state index contributed by atoms with van der Waals surface area (Å²) in [6, 6.07) is 1.51. The predicted molar refractivity (Wildman–Crippen MR) is 73.4 cm³/mol. The van der Waals surface area contributed by atoms with E-state index in [9.17, 15) is 4.79 Å². The van der Waals surface area contributed by atoms with Gasteiger partial charge >= 0.3 is 6.09 Å². The summed E-state index contributed by atoms with van der Waals surface area (Å²) in [5.41, 5.74) is 0. The molecule has 1 aromatic rings. The highest BCUT2D eigenvalue weighted by Crippen LogP contribution is 2.25. The van der Waals surface area contributed by atoms with E-state index in [2.05, 4.69) is 9.97 Å². The zero-order valence-electron chi connectivity index (χ0n) is 11.1. The van der Waals surface area contributed by atoms with Gasteiger partial charge < -0.3 is 14.4 Å². The van der Waals surface area contributed by atoms with Crippen molar-refractivity contribution in [3.63, 3.8) is 0 Å². The van der Waals surface area contributed by atoms with Crippen molar-refractivity contribution in [3.8, 4) is 0 Å². The summed E-state index contributed by atoms with van der Waals surface area (Å²) in [6.07, 6.45) is -0.403. The van der Waals surface area contributed by atoms with E-state index in [1.807, 2.05) is 11.8 Å². The summed E-state index contributed by atoms with van der Waals surface area (Å²) in [5.74, 6) is 0.990. The molecule has 0 N–H and O–H groups in total. The van der Waals surface area contributed by atoms with E-state index in [0.29, 0.717) is 49.8 Å². The van der Waals surface area contributed by atoms with Crippen LogP contribution in [0.25, 0.3) is 0 Å². The first-order valence-corrected chi connectivity index (χ1v) is 6.86. The van der Waals surface area contributed by atoms with Gasteiger partial charge in [-0.1, -0.05) is 11.6 Å². The van der Waals surface area contributed by atoms with Gasteiger partial charge in [-0.2, -0.15) is 4.98 Å². The fourth-order valence-corrected chi connectivity index (χ4v) is 2.43. The number of amides is 1. The SMILES string of the molecule is C[C@H]1COC(=O)N1c1cc(Cl)nc(N2CCOCC2)n1. The number of carbonyl (C=O) groups is 1. The van der Waals surface area contributed by atoms with Gasteiger partial charge in [0.1, 0.15) is 17.6 Å². The molecule has 7 nitrogen and oxygen atoms in total. The number of hydrogen-bond acceptors (Lipinski definition) is 6. The number of anilines is 2. The lowest BCUT2D eigenvalue weighted by Gasteiger charge is -2.27. The molecular formula is C12H15ClN4O3. The second kappa shape index (κ2) is 5.41. The maximum absolute atomic E-state index is 11.8. The molecule has 1 atom stereocenters. The molecule has 1 aromatic heterocycles. The normalized spacial score (nSPS) is 23.1. The molecule has 8 heteroatoms. The standard InChI is InChI=1S/C12H15ClN4O3/c1-8-7-20-12(18)17(8)10-6-9(13)14-11(15-10)16-2-4-19-5-3-16/h6,8H,2-5,7H2,1H3/t8-/m0/s1. The van der Waals surface area contributed by atoms with Gasteiger partial charge in [0, 0.05) is 19.2 Å². The third-order valence-corrected chi connectivity index (χ3v) is 3.49. The first kappa shape index (κ1) is 13.4. The molecule has 108 valence electrons. The summed E-state index contributed by atoms with van der Waals surface area (Å²) in [5, 5.41) is 0.309. The molecule has 3 heterocycles. The van der Waals surface area contributed by atoms with E-state index >= 15 is 0 Å². The van der Waals surface area contributed by atoms with Crippen LogP contribution in [-0.4, -0.2) is 55.0 Å². The quantitative estimate of drug-likeness (QED) is 0.767. The van der Waals surface area contributed by atoms with Crippen LogP contribution in [0.3, 0.4) is 0 Å². The minimum absolute atomic E-state index is 0.0639. The lowest BCUT2D eigenvalue weighted by Crippen LogP contribution is -2.38. The van der Waals surface area contributed by atoms with Gasteiger partial charge in [-0.25, -0.2) is 9.78 Å². The number of ether oxygens (including phenoxy) is 2. The highest BCUT2D eigenvalue weighted by molar-refractivity contribution is 6.29. The van der Waals surface area contributed by atoms with Gasteiger partial charge in [-0.05, 0) is 6.92 Å². The number of halogens is 1. The van der Waals surface area contributed by atoms with Gasteiger partial charge in [0.25, 0.3) is 0 Å². The van der Waals surface area contributed by atoms with Crippen LogP contribution in [0.1, 0.15) is 6.92 Å². The smallest absolute Gasteiger partial charge is 0.415 e. The molecule has 20 heavy (non-hydrogen) atoms. The van der Waals surface area contributed by atoms with Crippen LogP contribution in [0.5, 0.6) is 0 Å². The Kier molecular flexibility index (Phi) is 3.62. The van der Waals surface area contributed by atoms with Gasteiger partial charge in [0.15, 0.2) is 0 Å². The van der Waals surface area contributed by atoms with E-state index in [1.54, 1.807) is 6.07 Å². The Morgan fingerprint density at radius 3 is 2.75 bits per heavy atom. The highest BCUT2D eigenvalue weighted by atomic mass is 35.5. The minimum Gasteiger partial charge on any atom is -0.447 e. The first-order chi connectivity index (χ1) is 9.65. The molecule has 2 aliphatic rings. The Morgan fingerprint density at radius 2 is 2.10 bits per heavy atom. The minimum atomic E-state index is -0.403. The van der Waals surface area contributed by atoms with Gasteiger partial charge in [0.05, 0.1) is 19.3 Å². The molecule has 2 fully saturated rings. The average Bonchev–Trinajstić information content (AvgIpc) is 2.78. The van der Waals surface area contributed by atoms with Gasteiger partial charge in [-0.3, -0.25) is 4.90 Å². The van der Waals surface area contributed by atoms with Crippen LogP contribution in [0.4, 0.5) is 16.6 Å². The number of rotatable bonds is 2. The molecule has 0 saturated carbocycles. The largest absolute Gasteiger partial charge is 0.447 e. The molecule has 0 unspecified atom stereocenters. The van der Waals surface area contributed by atoms with Crippen molar-refractivity contribution in [3.05, 3.63) is 11.2 Å². The van der Waals surface area contributed by atoms with Crippen molar-refractivity contribution in [2.45, 2.75) is 13.0 Å². The first-order valence-electron chi connectivity index (χ1n) is 6.48. The van der Waals surface area contributed by atoms with Crippen molar-refractivity contribution in [1.29, 1.82) is 0 Å². The Hall–Kier alpha value is -1.60. The second-order valence-corrected chi connectivity index (χ2v) is 5.13. The summed E-state index contributed by atoms with van der Waals surface area (Å²) in [6.45, 7) is 4.93. The topological polar surface area (TPSA) is 67.8 Å². The van der Waals surface area contributed by atoms with Crippen molar-refractivity contribution in [2.24, 2.45) is 0 Å². The van der Waals surface area contributed by atoms with E-state index in [0.717, 1.165) is 0 Å². The van der Waals surface area contributed by atoms with Crippen LogP contribution in [0.2, 0.25) is 5.15 Å². The number of cyclic esters (lactones) is 1. The summed E-state index contributed by atoms with van der Waals surface area (Å²) in [4.78, 5) is 23.9. The number of carbonyl (C=O) groups excluding carboxylic acids is 1. The van der Waals surface area contributed by atoms with Crippen LogP contribution in [0, 0.1) is 0 Å². The van der Waals surface area contributed by atoms with Crippen molar-refractivity contribution >= 4 is 29.5 Å². The molecule has 0 bridgehead atoms. The third kappa shape index (κ3) is 2.51. The Balaban J connectivity index is 1.91. The Bertz CT molecular complexity index is 521. The lowest BCUT2D eigenvalue weighted by molar-refractivity contribution is 0.122. The monoisotopic (exact) mass is 298 g/mol. The lowest BCUT2D eigenvalue weighted by atomic mass is 10.3. The zero-order valence-corrected chi connectivity index (χ0v) is 11.8. The summed E-state index contributed by atoms with van der Waals surface area (Å²) in [7, 11) is 0. The molecule has 0 spiro atoms. The van der Waals surface area contributed by atoms with Crippen molar-refractivity contribution in [2.75, 3.05) is 42.7 Å². The van der Waals surface area contributed by atoms with E-state index in [-0.39, 0.29) is 6.04 Å². The van der Waals surface area contributed by atoms with Gasteiger partial charge in [-0.15, -0.1) is 0 Å². The van der Waals surface area contributed by atoms with Crippen molar-refractivity contribution in [1.82, 2.24) is 9.97 Å². The maximum atomic E-state index is 11.8. The second-order valence-electron chi connectivity index (χ2n) is 4.74. The number of aromatic nitrogens is 2. The molecule has 1 amide bonds. The molecule has 2 saturated heterocycles. The van der Waals surface area contributed by atoms with E-state index < -0.39 is 6.09 Å². The summed E-state index contributed by atoms with van der Waals surface area (Å²) >= 11 is 6.06. The fraction of sp³-hybridized carbons (Fsp3) is 0.583. The third-order valence-electron chi connectivity index (χ3n) is 3.30. The highest BCUT2D eigenvalue weighted by Gasteiger charge is 2.32. The molecule has 3 rings (SSSR count). The van der Waals surface area contributed by atoms with Crippen molar-refractivity contribution < 1.29 is 14.3 Å². The number of nitrogens with zero attached hydrogens (tertiary/aromatic N) is 4. The number of morpholine rings is 1. The Morgan fingerprint density at radius 1 is 1.35 bits per heavy atom. The van der Waals surface area contributed by atoms with Crippen LogP contribution in [0.15, 0.2) is 6.07 Å². The molecule has 0 radical (unpaired) electrons. The fourth-order valence-electron chi connectivity index (χ4n) is 2.26. The Labute approximate surface area is 121 Å². The summed E-state index contributed by atoms with van der Waals surface area (Å²) < 4.78 is 10.3. The van der Waals surface area contributed by atoms with Crippen LogP contribution >= 0.6 is 11.6 Å². The molecule has 2 aliphatic heterocycles.